The number of imidazole rings is 1. The van der Waals surface area contributed by atoms with E-state index >= 15 is 0 Å². The van der Waals surface area contributed by atoms with E-state index in [1.165, 1.54) is 5.56 Å². The maximum absolute atomic E-state index is 12.3. The third-order valence-electron chi connectivity index (χ3n) is 3.57. The summed E-state index contributed by atoms with van der Waals surface area (Å²) in [5.74, 6) is 0. The van der Waals surface area contributed by atoms with Gasteiger partial charge in [0.05, 0.1) is 16.7 Å². The predicted molar refractivity (Wildman–Crippen MR) is 82.5 cm³/mol. The van der Waals surface area contributed by atoms with Crippen LogP contribution in [0.4, 0.5) is 5.69 Å². The Labute approximate surface area is 116 Å². The second kappa shape index (κ2) is 4.27. The van der Waals surface area contributed by atoms with Crippen LogP contribution in [-0.4, -0.2) is 9.55 Å². The molecule has 0 saturated carbocycles. The van der Waals surface area contributed by atoms with Crippen LogP contribution in [0.5, 0.6) is 0 Å². The van der Waals surface area contributed by atoms with Crippen molar-refractivity contribution in [3.8, 4) is 5.69 Å². The van der Waals surface area contributed by atoms with Gasteiger partial charge in [0.25, 0.3) is 0 Å². The molecular weight excluding hydrogens is 250 g/mol. The van der Waals surface area contributed by atoms with Gasteiger partial charge in [-0.3, -0.25) is 4.57 Å². The van der Waals surface area contributed by atoms with Crippen molar-refractivity contribution in [1.29, 1.82) is 0 Å². The van der Waals surface area contributed by atoms with Crippen LogP contribution < -0.4 is 11.4 Å². The summed E-state index contributed by atoms with van der Waals surface area (Å²) in [6.07, 6.45) is 0. The third kappa shape index (κ3) is 1.81. The normalized spacial score (nSPS) is 11.2. The maximum Gasteiger partial charge on any atom is 0.331 e. The second-order valence-electron chi connectivity index (χ2n) is 5.29. The summed E-state index contributed by atoms with van der Waals surface area (Å²) in [5, 5.41) is 0. The summed E-state index contributed by atoms with van der Waals surface area (Å²) >= 11 is 0. The molecule has 102 valence electrons. The van der Waals surface area contributed by atoms with Crippen LogP contribution in [0.15, 0.2) is 35.1 Å². The first-order valence-corrected chi connectivity index (χ1v) is 6.56. The van der Waals surface area contributed by atoms with E-state index in [1.54, 1.807) is 10.6 Å². The van der Waals surface area contributed by atoms with Gasteiger partial charge in [-0.15, -0.1) is 0 Å². The first-order chi connectivity index (χ1) is 9.47. The lowest BCUT2D eigenvalue weighted by Gasteiger charge is -2.12. The highest BCUT2D eigenvalue weighted by Crippen LogP contribution is 2.24. The van der Waals surface area contributed by atoms with E-state index in [1.807, 2.05) is 26.0 Å². The van der Waals surface area contributed by atoms with Gasteiger partial charge in [0, 0.05) is 5.69 Å². The average Bonchev–Trinajstić information content (AvgIpc) is 2.64. The van der Waals surface area contributed by atoms with E-state index in [0.717, 1.165) is 27.8 Å². The lowest BCUT2D eigenvalue weighted by Crippen LogP contribution is -2.16. The molecule has 0 bridgehead atoms. The molecule has 0 amide bonds. The van der Waals surface area contributed by atoms with Gasteiger partial charge in [0.15, 0.2) is 0 Å². The van der Waals surface area contributed by atoms with Crippen LogP contribution in [0.1, 0.15) is 16.7 Å². The zero-order chi connectivity index (χ0) is 14.4. The number of H-pyrrole nitrogens is 1. The minimum absolute atomic E-state index is 0.138. The Bertz CT molecular complexity index is 848. The standard InChI is InChI=1S/C16H17N3O/c1-9-6-10(2)15(11(3)7-9)19-14-5-4-12(17)8-13(14)18-16(19)20/h4-8H,17H2,1-3H3,(H,18,20). The van der Waals surface area contributed by atoms with Crippen molar-refractivity contribution >= 4 is 16.7 Å². The molecule has 0 radical (unpaired) electrons. The fraction of sp³-hybridized carbons (Fsp3) is 0.188. The minimum Gasteiger partial charge on any atom is -0.399 e. The van der Waals surface area contributed by atoms with Gasteiger partial charge < -0.3 is 10.7 Å². The summed E-state index contributed by atoms with van der Waals surface area (Å²) in [6.45, 7) is 6.11. The van der Waals surface area contributed by atoms with Crippen molar-refractivity contribution in [2.45, 2.75) is 20.8 Å². The molecular formula is C16H17N3O. The second-order valence-corrected chi connectivity index (χ2v) is 5.29. The fourth-order valence-electron chi connectivity index (χ4n) is 2.88. The van der Waals surface area contributed by atoms with Crippen LogP contribution in [0, 0.1) is 20.8 Å². The number of aryl methyl sites for hydroxylation is 3. The Kier molecular flexibility index (Phi) is 2.67. The molecule has 1 aromatic heterocycles. The van der Waals surface area contributed by atoms with Gasteiger partial charge >= 0.3 is 5.69 Å². The minimum atomic E-state index is -0.138. The van der Waals surface area contributed by atoms with Gasteiger partial charge in [-0.05, 0) is 50.1 Å². The first-order valence-electron chi connectivity index (χ1n) is 6.56. The van der Waals surface area contributed by atoms with Gasteiger partial charge in [0.2, 0.25) is 0 Å². The quantitative estimate of drug-likeness (QED) is 0.666. The number of aromatic amines is 1. The monoisotopic (exact) mass is 267 g/mol. The number of hydrogen-bond acceptors (Lipinski definition) is 2. The van der Waals surface area contributed by atoms with E-state index < -0.39 is 0 Å². The Hall–Kier alpha value is -2.49. The SMILES string of the molecule is Cc1cc(C)c(-n2c(=O)[nH]c3cc(N)ccc32)c(C)c1. The number of hydrogen-bond donors (Lipinski definition) is 2. The Morgan fingerprint density at radius 1 is 1.05 bits per heavy atom. The maximum atomic E-state index is 12.3. The molecule has 4 heteroatoms. The van der Waals surface area contributed by atoms with Crippen molar-refractivity contribution in [1.82, 2.24) is 9.55 Å². The number of fused-ring (bicyclic) bond motifs is 1. The summed E-state index contributed by atoms with van der Waals surface area (Å²) in [7, 11) is 0. The first kappa shape index (κ1) is 12.5. The molecule has 3 aromatic rings. The zero-order valence-electron chi connectivity index (χ0n) is 11.8. The summed E-state index contributed by atoms with van der Waals surface area (Å²) in [6, 6.07) is 9.65. The largest absolute Gasteiger partial charge is 0.399 e. The summed E-state index contributed by atoms with van der Waals surface area (Å²) in [5.41, 5.74) is 12.2. The highest BCUT2D eigenvalue weighted by molar-refractivity contribution is 5.81. The Morgan fingerprint density at radius 3 is 2.35 bits per heavy atom. The Balaban J connectivity index is 2.41. The van der Waals surface area contributed by atoms with Crippen molar-refractivity contribution < 1.29 is 0 Å². The number of benzene rings is 2. The molecule has 0 spiro atoms. The van der Waals surface area contributed by atoms with Crippen LogP contribution >= 0.6 is 0 Å². The number of rotatable bonds is 1. The molecule has 20 heavy (non-hydrogen) atoms. The number of nitrogens with two attached hydrogens (primary N) is 1. The van der Waals surface area contributed by atoms with Gasteiger partial charge in [-0.1, -0.05) is 17.7 Å². The molecule has 2 aromatic carbocycles. The molecule has 0 aliphatic heterocycles. The number of nitrogen functional groups attached to an aromatic ring is 1. The molecule has 0 fully saturated rings. The third-order valence-corrected chi connectivity index (χ3v) is 3.57. The molecule has 4 nitrogen and oxygen atoms in total. The number of nitrogens with one attached hydrogen (secondary N) is 1. The summed E-state index contributed by atoms with van der Waals surface area (Å²) < 4.78 is 1.72. The van der Waals surface area contributed by atoms with E-state index in [4.69, 9.17) is 5.73 Å². The highest BCUT2D eigenvalue weighted by Gasteiger charge is 2.13. The van der Waals surface area contributed by atoms with Crippen LogP contribution in [-0.2, 0) is 0 Å². The molecule has 3 rings (SSSR count). The van der Waals surface area contributed by atoms with Crippen molar-refractivity contribution in [2.75, 3.05) is 5.73 Å². The molecule has 0 saturated heterocycles. The molecule has 0 atom stereocenters. The van der Waals surface area contributed by atoms with Crippen LogP contribution in [0.3, 0.4) is 0 Å². The molecule has 0 aliphatic carbocycles. The van der Waals surface area contributed by atoms with E-state index in [9.17, 15) is 4.79 Å². The topological polar surface area (TPSA) is 63.8 Å². The molecule has 1 heterocycles. The lowest BCUT2D eigenvalue weighted by molar-refractivity contribution is 0.988. The van der Waals surface area contributed by atoms with E-state index in [-0.39, 0.29) is 5.69 Å². The predicted octanol–water partition coefficient (Wildman–Crippen LogP) is 2.83. The molecule has 0 aliphatic rings. The molecule has 0 unspecified atom stereocenters. The van der Waals surface area contributed by atoms with Gasteiger partial charge in [-0.2, -0.15) is 0 Å². The van der Waals surface area contributed by atoms with Crippen LogP contribution in [0.25, 0.3) is 16.7 Å². The number of nitrogens with zero attached hydrogens (tertiary/aromatic N) is 1. The smallest absolute Gasteiger partial charge is 0.331 e. The zero-order valence-corrected chi connectivity index (χ0v) is 11.8. The van der Waals surface area contributed by atoms with Gasteiger partial charge in [-0.25, -0.2) is 4.79 Å². The Morgan fingerprint density at radius 2 is 1.70 bits per heavy atom. The molecule has 3 N–H and O–H groups in total. The summed E-state index contributed by atoms with van der Waals surface area (Å²) in [4.78, 5) is 15.2. The number of anilines is 1. The van der Waals surface area contributed by atoms with E-state index in [0.29, 0.717) is 5.69 Å². The van der Waals surface area contributed by atoms with Gasteiger partial charge in [0.1, 0.15) is 0 Å². The number of aromatic nitrogens is 2. The highest BCUT2D eigenvalue weighted by atomic mass is 16.1. The van der Waals surface area contributed by atoms with Crippen LogP contribution in [0.2, 0.25) is 0 Å². The fourth-order valence-corrected chi connectivity index (χ4v) is 2.88. The van der Waals surface area contributed by atoms with Crippen molar-refractivity contribution in [3.63, 3.8) is 0 Å². The lowest BCUT2D eigenvalue weighted by atomic mass is 10.0. The van der Waals surface area contributed by atoms with Crippen molar-refractivity contribution in [2.24, 2.45) is 0 Å². The average molecular weight is 267 g/mol. The van der Waals surface area contributed by atoms with E-state index in [2.05, 4.69) is 24.0 Å². The van der Waals surface area contributed by atoms with Crippen molar-refractivity contribution in [3.05, 3.63) is 57.5 Å².